The second kappa shape index (κ2) is 7.07. The Morgan fingerprint density at radius 2 is 2.00 bits per heavy atom. The lowest BCUT2D eigenvalue weighted by atomic mass is 10.1. The maximum atomic E-state index is 11.2. The van der Waals surface area contributed by atoms with E-state index in [2.05, 4.69) is 42.5 Å². The molecule has 0 aliphatic carbocycles. The first-order valence-corrected chi connectivity index (χ1v) is 11.4. The first-order valence-electron chi connectivity index (χ1n) is 7.71. The molecule has 3 nitrogen and oxygen atoms in total. The molecule has 0 amide bonds. The number of ether oxygens (including phenoxy) is 1. The molecule has 22 heavy (non-hydrogen) atoms. The van der Waals surface area contributed by atoms with Gasteiger partial charge in [-0.1, -0.05) is 37.8 Å². The Hall–Kier alpha value is -1.65. The van der Waals surface area contributed by atoms with Gasteiger partial charge >= 0.3 is 0 Å². The van der Waals surface area contributed by atoms with Crippen LogP contribution < -0.4 is 0 Å². The fourth-order valence-corrected chi connectivity index (χ4v) is 3.02. The molecule has 0 atom stereocenters. The number of nitrogens with zero attached hydrogens (tertiary/aromatic N) is 1. The van der Waals surface area contributed by atoms with Gasteiger partial charge in [-0.05, 0) is 31.2 Å². The lowest BCUT2D eigenvalue weighted by molar-refractivity contribution is -0.112. The lowest BCUT2D eigenvalue weighted by Gasteiger charge is -2.15. The van der Waals surface area contributed by atoms with Crippen LogP contribution in [0.25, 0.3) is 17.0 Å². The van der Waals surface area contributed by atoms with Gasteiger partial charge in [0.15, 0.2) is 5.78 Å². The van der Waals surface area contributed by atoms with Gasteiger partial charge in [0.1, 0.15) is 6.73 Å². The predicted octanol–water partition coefficient (Wildman–Crippen LogP) is 4.56. The van der Waals surface area contributed by atoms with E-state index in [1.807, 2.05) is 18.2 Å². The molecule has 1 heterocycles. The minimum atomic E-state index is -1.05. The zero-order valence-corrected chi connectivity index (χ0v) is 14.9. The molecule has 0 spiro atoms. The van der Waals surface area contributed by atoms with Crippen LogP contribution in [-0.4, -0.2) is 25.0 Å². The van der Waals surface area contributed by atoms with Crippen LogP contribution in [0.2, 0.25) is 25.7 Å². The average Bonchev–Trinajstić information content (AvgIpc) is 2.79. The summed E-state index contributed by atoms with van der Waals surface area (Å²) in [6.45, 7) is 9.99. The van der Waals surface area contributed by atoms with E-state index in [-0.39, 0.29) is 5.78 Å². The number of hydrogen-bond donors (Lipinski definition) is 0. The molecule has 0 aliphatic heterocycles. The van der Waals surface area contributed by atoms with Crippen LogP contribution in [0.1, 0.15) is 12.5 Å². The quantitative estimate of drug-likeness (QED) is 0.426. The van der Waals surface area contributed by atoms with Gasteiger partial charge in [0.2, 0.25) is 0 Å². The van der Waals surface area contributed by atoms with Crippen LogP contribution in [0.15, 0.2) is 36.5 Å². The number of carbonyl (C=O) groups is 1. The van der Waals surface area contributed by atoms with Gasteiger partial charge in [-0.25, -0.2) is 0 Å². The number of rotatable bonds is 7. The van der Waals surface area contributed by atoms with Crippen molar-refractivity contribution < 1.29 is 9.53 Å². The molecule has 1 aromatic heterocycles. The molecule has 1 aromatic carbocycles. The predicted molar refractivity (Wildman–Crippen MR) is 95.8 cm³/mol. The highest BCUT2D eigenvalue weighted by Crippen LogP contribution is 2.22. The van der Waals surface area contributed by atoms with Crippen molar-refractivity contribution in [3.05, 3.63) is 42.1 Å². The summed E-state index contributed by atoms with van der Waals surface area (Å²) in [7, 11) is -1.05. The van der Waals surface area contributed by atoms with Crippen LogP contribution in [-0.2, 0) is 16.3 Å². The van der Waals surface area contributed by atoms with E-state index >= 15 is 0 Å². The van der Waals surface area contributed by atoms with Crippen LogP contribution in [0.3, 0.4) is 0 Å². The standard InChI is InChI=1S/C18H25NO2Si/c1-15(20)9-10-16-13-19(14-21-11-12-22(2,3)4)18-8-6-5-7-17(16)18/h5-10,13H,11-12,14H2,1-4H3/b10-9+. The van der Waals surface area contributed by atoms with Crippen LogP contribution in [0, 0.1) is 0 Å². The number of hydrogen-bond acceptors (Lipinski definition) is 2. The molecule has 2 aromatic rings. The number of benzene rings is 1. The number of carbonyl (C=O) groups excluding carboxylic acids is 1. The van der Waals surface area contributed by atoms with E-state index in [0.29, 0.717) is 6.73 Å². The molecule has 4 heteroatoms. The topological polar surface area (TPSA) is 31.2 Å². The number of allylic oxidation sites excluding steroid dienone is 1. The van der Waals surface area contributed by atoms with Crippen molar-refractivity contribution in [2.45, 2.75) is 39.3 Å². The zero-order chi connectivity index (χ0) is 16.2. The summed E-state index contributed by atoms with van der Waals surface area (Å²) in [6.07, 6.45) is 5.54. The Morgan fingerprint density at radius 3 is 2.68 bits per heavy atom. The van der Waals surface area contributed by atoms with Gasteiger partial charge < -0.3 is 9.30 Å². The molecule has 0 aliphatic rings. The highest BCUT2D eigenvalue weighted by molar-refractivity contribution is 6.76. The number of para-hydroxylation sites is 1. The third-order valence-electron chi connectivity index (χ3n) is 3.54. The van der Waals surface area contributed by atoms with Crippen LogP contribution >= 0.6 is 0 Å². The van der Waals surface area contributed by atoms with E-state index < -0.39 is 8.07 Å². The molecule has 0 N–H and O–H groups in total. The molecule has 0 bridgehead atoms. The fourth-order valence-electron chi connectivity index (χ4n) is 2.26. The molecular weight excluding hydrogens is 290 g/mol. The van der Waals surface area contributed by atoms with E-state index in [9.17, 15) is 4.79 Å². The highest BCUT2D eigenvalue weighted by atomic mass is 28.3. The minimum absolute atomic E-state index is 0.0585. The minimum Gasteiger partial charge on any atom is -0.361 e. The molecule has 0 unspecified atom stereocenters. The Kier molecular flexibility index (Phi) is 5.37. The van der Waals surface area contributed by atoms with Crippen LogP contribution in [0.5, 0.6) is 0 Å². The summed E-state index contributed by atoms with van der Waals surface area (Å²) >= 11 is 0. The smallest absolute Gasteiger partial charge is 0.152 e. The second-order valence-electron chi connectivity index (χ2n) is 6.86. The maximum Gasteiger partial charge on any atom is 0.152 e. The van der Waals surface area contributed by atoms with Crippen molar-refractivity contribution in [1.29, 1.82) is 0 Å². The average molecular weight is 315 g/mol. The summed E-state index contributed by atoms with van der Waals surface area (Å²) in [6, 6.07) is 9.38. The van der Waals surface area contributed by atoms with Crippen molar-refractivity contribution in [1.82, 2.24) is 4.57 Å². The van der Waals surface area contributed by atoms with E-state index in [0.717, 1.165) is 23.1 Å². The lowest BCUT2D eigenvalue weighted by Crippen LogP contribution is -2.21. The van der Waals surface area contributed by atoms with Gasteiger partial charge in [-0.15, -0.1) is 0 Å². The van der Waals surface area contributed by atoms with Crippen molar-refractivity contribution in [3.8, 4) is 0 Å². The van der Waals surface area contributed by atoms with E-state index in [1.165, 1.54) is 6.04 Å². The number of aromatic nitrogens is 1. The van der Waals surface area contributed by atoms with Gasteiger partial charge in [0, 0.05) is 31.8 Å². The second-order valence-corrected chi connectivity index (χ2v) is 12.5. The summed E-state index contributed by atoms with van der Waals surface area (Å²) in [4.78, 5) is 11.2. The third kappa shape index (κ3) is 4.68. The summed E-state index contributed by atoms with van der Waals surface area (Å²) < 4.78 is 7.96. The number of fused-ring (bicyclic) bond motifs is 1. The first kappa shape index (κ1) is 16.7. The molecule has 2 rings (SSSR count). The van der Waals surface area contributed by atoms with Crippen LogP contribution in [0.4, 0.5) is 0 Å². The summed E-state index contributed by atoms with van der Waals surface area (Å²) in [5, 5.41) is 1.15. The van der Waals surface area contributed by atoms with Crippen molar-refractivity contribution >= 4 is 30.8 Å². The van der Waals surface area contributed by atoms with Crippen molar-refractivity contribution in [2.75, 3.05) is 6.61 Å². The third-order valence-corrected chi connectivity index (χ3v) is 5.25. The van der Waals surface area contributed by atoms with E-state index in [4.69, 9.17) is 4.74 Å². The summed E-state index contributed by atoms with van der Waals surface area (Å²) in [5.41, 5.74) is 2.19. The SMILES string of the molecule is CC(=O)/C=C/c1cn(COCC[Si](C)(C)C)c2ccccc12. The molecule has 0 saturated carbocycles. The maximum absolute atomic E-state index is 11.2. The van der Waals surface area contributed by atoms with Gasteiger partial charge in [-0.3, -0.25) is 4.79 Å². The van der Waals surface area contributed by atoms with Crippen molar-refractivity contribution in [3.63, 3.8) is 0 Å². The molecule has 0 saturated heterocycles. The Labute approximate surface area is 133 Å². The Morgan fingerprint density at radius 1 is 1.27 bits per heavy atom. The fraction of sp³-hybridized carbons (Fsp3) is 0.389. The molecule has 0 fully saturated rings. The molecular formula is C18H25NO2Si. The van der Waals surface area contributed by atoms with Gasteiger partial charge in [0.25, 0.3) is 0 Å². The van der Waals surface area contributed by atoms with Gasteiger partial charge in [0.05, 0.1) is 5.52 Å². The Bertz CT molecular complexity index is 680. The van der Waals surface area contributed by atoms with Crippen molar-refractivity contribution in [2.24, 2.45) is 0 Å². The zero-order valence-electron chi connectivity index (χ0n) is 13.9. The normalized spacial score (nSPS) is 12.4. The van der Waals surface area contributed by atoms with E-state index in [1.54, 1.807) is 13.0 Å². The molecule has 0 radical (unpaired) electrons. The highest BCUT2D eigenvalue weighted by Gasteiger charge is 2.12. The Balaban J connectivity index is 2.14. The largest absolute Gasteiger partial charge is 0.361 e. The van der Waals surface area contributed by atoms with Gasteiger partial charge in [-0.2, -0.15) is 0 Å². The monoisotopic (exact) mass is 315 g/mol. The number of ketones is 1. The first-order chi connectivity index (χ1) is 10.4. The molecule has 118 valence electrons. The summed E-state index contributed by atoms with van der Waals surface area (Å²) in [5.74, 6) is 0.0585.